The highest BCUT2D eigenvalue weighted by atomic mass is 35.5. The first-order chi connectivity index (χ1) is 9.54. The molecule has 0 fully saturated rings. The van der Waals surface area contributed by atoms with Crippen LogP contribution in [-0.4, -0.2) is 6.54 Å². The Hall–Kier alpha value is -1.45. The Morgan fingerprint density at radius 2 is 1.80 bits per heavy atom. The summed E-state index contributed by atoms with van der Waals surface area (Å²) in [6.45, 7) is 4.82. The van der Waals surface area contributed by atoms with Crippen molar-refractivity contribution in [1.82, 2.24) is 5.32 Å². The number of benzene rings is 2. The fourth-order valence-electron chi connectivity index (χ4n) is 2.22. The monoisotopic (exact) mass is 295 g/mol. The van der Waals surface area contributed by atoms with Gasteiger partial charge in [-0.05, 0) is 42.8 Å². The molecule has 0 saturated heterocycles. The van der Waals surface area contributed by atoms with E-state index in [1.165, 1.54) is 18.2 Å². The second kappa shape index (κ2) is 6.33. The van der Waals surface area contributed by atoms with Crippen molar-refractivity contribution in [3.63, 3.8) is 0 Å². The van der Waals surface area contributed by atoms with E-state index in [2.05, 4.69) is 5.32 Å². The number of hydrogen-bond donors (Lipinski definition) is 1. The predicted octanol–water partition coefficient (Wildman–Crippen LogP) is 4.96. The summed E-state index contributed by atoms with van der Waals surface area (Å²) in [6.07, 6.45) is 0. The first kappa shape index (κ1) is 14.9. The lowest BCUT2D eigenvalue weighted by molar-refractivity contribution is 0.589. The lowest BCUT2D eigenvalue weighted by Gasteiger charge is -2.15. The Morgan fingerprint density at radius 3 is 2.35 bits per heavy atom. The molecule has 2 rings (SSSR count). The summed E-state index contributed by atoms with van der Waals surface area (Å²) in [6, 6.07) is 9.01. The number of halogens is 3. The van der Waals surface area contributed by atoms with Gasteiger partial charge in [0.2, 0.25) is 0 Å². The molecule has 1 atom stereocenters. The second-order valence-electron chi connectivity index (χ2n) is 4.61. The van der Waals surface area contributed by atoms with Gasteiger partial charge >= 0.3 is 0 Å². The molecule has 0 saturated carbocycles. The van der Waals surface area contributed by atoms with Gasteiger partial charge in [0.1, 0.15) is 11.6 Å². The summed E-state index contributed by atoms with van der Waals surface area (Å²) in [7, 11) is 0. The second-order valence-corrected chi connectivity index (χ2v) is 5.02. The third kappa shape index (κ3) is 3.00. The summed E-state index contributed by atoms with van der Waals surface area (Å²) in [5, 5.41) is 3.75. The van der Waals surface area contributed by atoms with Crippen molar-refractivity contribution in [2.45, 2.75) is 19.9 Å². The number of rotatable bonds is 4. The molecule has 0 radical (unpaired) electrons. The number of hydrogen-bond acceptors (Lipinski definition) is 1. The maximum Gasteiger partial charge on any atom is 0.133 e. The Bertz CT molecular complexity index is 593. The zero-order chi connectivity index (χ0) is 14.7. The first-order valence-corrected chi connectivity index (χ1v) is 6.89. The summed E-state index contributed by atoms with van der Waals surface area (Å²) < 4.78 is 27.5. The fraction of sp³-hybridized carbons (Fsp3) is 0.250. The topological polar surface area (TPSA) is 12.0 Å². The van der Waals surface area contributed by atoms with Gasteiger partial charge in [0.25, 0.3) is 0 Å². The largest absolute Gasteiger partial charge is 0.310 e. The van der Waals surface area contributed by atoms with Gasteiger partial charge in [0.15, 0.2) is 0 Å². The summed E-state index contributed by atoms with van der Waals surface area (Å²) in [5.74, 6) is -1.18. The quantitative estimate of drug-likeness (QED) is 0.841. The smallest absolute Gasteiger partial charge is 0.133 e. The molecule has 1 unspecified atom stereocenters. The van der Waals surface area contributed by atoms with Crippen LogP contribution in [-0.2, 0) is 0 Å². The van der Waals surface area contributed by atoms with E-state index in [4.69, 9.17) is 11.6 Å². The SMILES string of the molecule is CCNC(C)c1ccc(-c2c(F)cccc2F)cc1Cl. The minimum absolute atomic E-state index is 0.0444. The Labute approximate surface area is 122 Å². The number of nitrogens with one attached hydrogen (secondary N) is 1. The Morgan fingerprint density at radius 1 is 1.15 bits per heavy atom. The zero-order valence-corrected chi connectivity index (χ0v) is 12.1. The summed E-state index contributed by atoms with van der Waals surface area (Å²) in [4.78, 5) is 0. The maximum absolute atomic E-state index is 13.8. The molecule has 0 aliphatic rings. The predicted molar refractivity (Wildman–Crippen MR) is 78.9 cm³/mol. The van der Waals surface area contributed by atoms with Crippen LogP contribution < -0.4 is 5.32 Å². The molecule has 0 bridgehead atoms. The van der Waals surface area contributed by atoms with Crippen LogP contribution in [0.5, 0.6) is 0 Å². The lowest BCUT2D eigenvalue weighted by Crippen LogP contribution is -2.17. The van der Waals surface area contributed by atoms with Crippen molar-refractivity contribution >= 4 is 11.6 Å². The van der Waals surface area contributed by atoms with Crippen molar-refractivity contribution in [3.05, 3.63) is 58.6 Å². The van der Waals surface area contributed by atoms with Gasteiger partial charge in [-0.25, -0.2) is 8.78 Å². The molecule has 0 heterocycles. The molecule has 0 aliphatic carbocycles. The highest BCUT2D eigenvalue weighted by Crippen LogP contribution is 2.31. The van der Waals surface area contributed by atoms with Crippen LogP contribution in [0.3, 0.4) is 0 Å². The molecule has 0 spiro atoms. The summed E-state index contributed by atoms with van der Waals surface area (Å²) in [5.41, 5.74) is 1.31. The van der Waals surface area contributed by atoms with E-state index in [-0.39, 0.29) is 11.6 Å². The fourth-order valence-corrected chi connectivity index (χ4v) is 2.57. The van der Waals surface area contributed by atoms with E-state index in [9.17, 15) is 8.78 Å². The van der Waals surface area contributed by atoms with E-state index >= 15 is 0 Å². The molecule has 0 aliphatic heterocycles. The van der Waals surface area contributed by atoms with E-state index in [1.807, 2.05) is 13.8 Å². The van der Waals surface area contributed by atoms with Gasteiger partial charge < -0.3 is 5.32 Å². The van der Waals surface area contributed by atoms with Crippen LogP contribution in [0.25, 0.3) is 11.1 Å². The van der Waals surface area contributed by atoms with Crippen molar-refractivity contribution in [2.24, 2.45) is 0 Å². The molecule has 2 aromatic carbocycles. The van der Waals surface area contributed by atoms with Crippen LogP contribution >= 0.6 is 11.6 Å². The van der Waals surface area contributed by atoms with Crippen LogP contribution in [0.4, 0.5) is 8.78 Å². The standard InChI is InChI=1S/C16H16ClF2N/c1-3-20-10(2)12-8-7-11(9-13(12)17)16-14(18)5-4-6-15(16)19/h4-10,20H,3H2,1-2H3. The minimum atomic E-state index is -0.589. The molecular weight excluding hydrogens is 280 g/mol. The van der Waals surface area contributed by atoms with Crippen molar-refractivity contribution in [1.29, 1.82) is 0 Å². The molecule has 1 N–H and O–H groups in total. The third-order valence-electron chi connectivity index (χ3n) is 3.23. The van der Waals surface area contributed by atoms with Gasteiger partial charge in [-0.15, -0.1) is 0 Å². The van der Waals surface area contributed by atoms with Gasteiger partial charge in [-0.1, -0.05) is 36.7 Å². The van der Waals surface area contributed by atoms with Crippen LogP contribution in [0.15, 0.2) is 36.4 Å². The van der Waals surface area contributed by atoms with Crippen molar-refractivity contribution in [2.75, 3.05) is 6.54 Å². The average Bonchev–Trinajstić information content (AvgIpc) is 2.38. The van der Waals surface area contributed by atoms with E-state index in [1.54, 1.807) is 18.2 Å². The Balaban J connectivity index is 2.43. The molecule has 2 aromatic rings. The molecule has 4 heteroatoms. The van der Waals surface area contributed by atoms with Crippen molar-refractivity contribution < 1.29 is 8.78 Å². The molecule has 20 heavy (non-hydrogen) atoms. The molecule has 0 amide bonds. The van der Waals surface area contributed by atoms with Crippen LogP contribution in [0.2, 0.25) is 5.02 Å². The Kier molecular flexibility index (Phi) is 4.73. The third-order valence-corrected chi connectivity index (χ3v) is 3.56. The molecular formula is C16H16ClF2N. The minimum Gasteiger partial charge on any atom is -0.310 e. The van der Waals surface area contributed by atoms with Gasteiger partial charge in [-0.3, -0.25) is 0 Å². The van der Waals surface area contributed by atoms with Gasteiger partial charge in [0.05, 0.1) is 5.56 Å². The van der Waals surface area contributed by atoms with Crippen LogP contribution in [0, 0.1) is 11.6 Å². The van der Waals surface area contributed by atoms with Crippen molar-refractivity contribution in [3.8, 4) is 11.1 Å². The highest BCUT2D eigenvalue weighted by Gasteiger charge is 2.14. The van der Waals surface area contributed by atoms with Gasteiger partial charge in [0, 0.05) is 11.1 Å². The highest BCUT2D eigenvalue weighted by molar-refractivity contribution is 6.31. The van der Waals surface area contributed by atoms with E-state index in [0.29, 0.717) is 10.6 Å². The molecule has 1 nitrogen and oxygen atoms in total. The zero-order valence-electron chi connectivity index (χ0n) is 11.4. The van der Waals surface area contributed by atoms with Crippen LogP contribution in [0.1, 0.15) is 25.5 Å². The first-order valence-electron chi connectivity index (χ1n) is 6.51. The van der Waals surface area contributed by atoms with E-state index in [0.717, 1.165) is 12.1 Å². The van der Waals surface area contributed by atoms with E-state index < -0.39 is 11.6 Å². The molecule has 106 valence electrons. The molecule has 0 aromatic heterocycles. The summed E-state index contributed by atoms with van der Waals surface area (Å²) >= 11 is 6.23. The maximum atomic E-state index is 13.8. The normalized spacial score (nSPS) is 12.4. The lowest BCUT2D eigenvalue weighted by atomic mass is 10.0. The van der Waals surface area contributed by atoms with Gasteiger partial charge in [-0.2, -0.15) is 0 Å². The average molecular weight is 296 g/mol.